The lowest BCUT2D eigenvalue weighted by atomic mass is 10.1. The van der Waals surface area contributed by atoms with Crippen LogP contribution in [0.4, 0.5) is 0 Å². The molecule has 0 bridgehead atoms. The van der Waals surface area contributed by atoms with Gasteiger partial charge in [0.05, 0.1) is 5.03 Å². The molecular weight excluding hydrogens is 196 g/mol. The maximum Gasteiger partial charge on any atom is 0.204 e. The lowest BCUT2D eigenvalue weighted by molar-refractivity contribution is 0.104. The molecule has 0 saturated carbocycles. The minimum atomic E-state index is -0.110. The summed E-state index contributed by atoms with van der Waals surface area (Å²) in [5, 5.41) is 0.297. The maximum atomic E-state index is 11.7. The van der Waals surface area contributed by atoms with Crippen LogP contribution in [0, 0.1) is 5.92 Å². The quantitative estimate of drug-likeness (QED) is 0.548. The van der Waals surface area contributed by atoms with Crippen molar-refractivity contribution in [2.75, 3.05) is 0 Å². The molecule has 1 aromatic rings. The number of Topliss-reactive ketones (excluding diaryl/α,β-unsaturated/α-hetero) is 1. The van der Waals surface area contributed by atoms with Crippen LogP contribution in [0.15, 0.2) is 41.4 Å². The van der Waals surface area contributed by atoms with Crippen LogP contribution in [0.25, 0.3) is 0 Å². The predicted octanol–water partition coefficient (Wildman–Crippen LogP) is 3.65. The summed E-state index contributed by atoms with van der Waals surface area (Å²) < 4.78 is 0. The van der Waals surface area contributed by atoms with Gasteiger partial charge in [0.25, 0.3) is 0 Å². The second kappa shape index (κ2) is 4.97. The normalized spacial score (nSPS) is 11.9. The molecule has 1 nitrogen and oxygen atoms in total. The summed E-state index contributed by atoms with van der Waals surface area (Å²) in [6.07, 6.45) is 1.76. The number of rotatable bonds is 3. The molecule has 0 aliphatic rings. The second-order valence-corrected chi connectivity index (χ2v) is 3.86. The van der Waals surface area contributed by atoms with Crippen molar-refractivity contribution in [1.82, 2.24) is 0 Å². The molecule has 2 heteroatoms. The smallest absolute Gasteiger partial charge is 0.204 e. The van der Waals surface area contributed by atoms with E-state index in [0.717, 1.165) is 0 Å². The summed E-state index contributed by atoms with van der Waals surface area (Å²) in [6.45, 7) is 3.97. The van der Waals surface area contributed by atoms with Gasteiger partial charge in [-0.15, -0.1) is 0 Å². The van der Waals surface area contributed by atoms with Crippen LogP contribution in [0.3, 0.4) is 0 Å². The summed E-state index contributed by atoms with van der Waals surface area (Å²) in [6, 6.07) is 9.05. The van der Waals surface area contributed by atoms with Gasteiger partial charge in [-0.1, -0.05) is 61.9 Å². The van der Waals surface area contributed by atoms with Crippen LogP contribution in [0.2, 0.25) is 0 Å². The average Bonchev–Trinajstić information content (AvgIpc) is 2.17. The third kappa shape index (κ3) is 3.00. The van der Waals surface area contributed by atoms with Crippen molar-refractivity contribution < 1.29 is 4.79 Å². The van der Waals surface area contributed by atoms with Crippen molar-refractivity contribution in [3.63, 3.8) is 0 Å². The number of halogens is 1. The lowest BCUT2D eigenvalue weighted by Gasteiger charge is -2.00. The minimum absolute atomic E-state index is 0.110. The van der Waals surface area contributed by atoms with Crippen molar-refractivity contribution in [1.29, 1.82) is 0 Å². The fourth-order valence-electron chi connectivity index (χ4n) is 1.10. The van der Waals surface area contributed by atoms with Crippen molar-refractivity contribution >= 4 is 17.4 Å². The van der Waals surface area contributed by atoms with E-state index in [1.165, 1.54) is 0 Å². The van der Waals surface area contributed by atoms with Crippen LogP contribution < -0.4 is 0 Å². The third-order valence-electron chi connectivity index (χ3n) is 1.73. The highest BCUT2D eigenvalue weighted by Gasteiger charge is 2.09. The van der Waals surface area contributed by atoms with Crippen molar-refractivity contribution in [2.24, 2.45) is 5.92 Å². The van der Waals surface area contributed by atoms with Crippen LogP contribution >= 0.6 is 11.6 Å². The zero-order chi connectivity index (χ0) is 10.6. The highest BCUT2D eigenvalue weighted by atomic mass is 35.5. The maximum absolute atomic E-state index is 11.7. The summed E-state index contributed by atoms with van der Waals surface area (Å²) >= 11 is 5.87. The Bertz CT molecular complexity index is 339. The number of benzene rings is 1. The molecule has 1 rings (SSSR count). The highest BCUT2D eigenvalue weighted by molar-refractivity contribution is 6.45. The van der Waals surface area contributed by atoms with E-state index in [2.05, 4.69) is 0 Å². The Balaban J connectivity index is 2.87. The summed E-state index contributed by atoms with van der Waals surface area (Å²) in [4.78, 5) is 11.7. The molecule has 0 aliphatic carbocycles. The second-order valence-electron chi connectivity index (χ2n) is 3.45. The molecule has 0 fully saturated rings. The van der Waals surface area contributed by atoms with Crippen molar-refractivity contribution in [3.8, 4) is 0 Å². The first kappa shape index (κ1) is 11.0. The van der Waals surface area contributed by atoms with E-state index in [1.54, 1.807) is 18.2 Å². The van der Waals surface area contributed by atoms with E-state index >= 15 is 0 Å². The zero-order valence-electron chi connectivity index (χ0n) is 8.33. The van der Waals surface area contributed by atoms with Crippen molar-refractivity contribution in [2.45, 2.75) is 13.8 Å². The van der Waals surface area contributed by atoms with Gasteiger partial charge in [-0.25, -0.2) is 0 Å². The molecule has 0 radical (unpaired) electrons. The van der Waals surface area contributed by atoms with Gasteiger partial charge in [0.1, 0.15) is 0 Å². The fraction of sp³-hybridized carbons (Fsp3) is 0.250. The number of allylic oxidation sites excluding steroid dienone is 2. The van der Waals surface area contributed by atoms with Gasteiger partial charge in [-0.05, 0) is 5.92 Å². The summed E-state index contributed by atoms with van der Waals surface area (Å²) in [5.41, 5.74) is 0.634. The topological polar surface area (TPSA) is 17.1 Å². The molecule has 0 unspecified atom stereocenters. The Morgan fingerprint density at radius 1 is 1.29 bits per heavy atom. The van der Waals surface area contributed by atoms with Crippen LogP contribution in [0.5, 0.6) is 0 Å². The van der Waals surface area contributed by atoms with E-state index in [1.807, 2.05) is 32.0 Å². The zero-order valence-corrected chi connectivity index (χ0v) is 9.08. The average molecular weight is 209 g/mol. The van der Waals surface area contributed by atoms with Crippen LogP contribution in [-0.4, -0.2) is 5.78 Å². The van der Waals surface area contributed by atoms with E-state index in [-0.39, 0.29) is 11.7 Å². The van der Waals surface area contributed by atoms with E-state index in [9.17, 15) is 4.79 Å². The molecule has 1 aromatic carbocycles. The molecule has 0 amide bonds. The SMILES string of the molecule is CC(C)C=C(Cl)C(=O)c1ccccc1. The Hall–Kier alpha value is -1.08. The van der Waals surface area contributed by atoms with Gasteiger partial charge in [0, 0.05) is 5.56 Å². The summed E-state index contributed by atoms with van der Waals surface area (Å²) in [5.74, 6) is 0.177. The molecule has 14 heavy (non-hydrogen) atoms. The standard InChI is InChI=1S/C12H13ClO/c1-9(2)8-11(13)12(14)10-6-4-3-5-7-10/h3-9H,1-2H3. The number of hydrogen-bond donors (Lipinski definition) is 0. The van der Waals surface area contributed by atoms with Crippen molar-refractivity contribution in [3.05, 3.63) is 47.0 Å². The largest absolute Gasteiger partial charge is 0.288 e. The molecule has 0 saturated heterocycles. The van der Waals surface area contributed by atoms with Gasteiger partial charge in [-0.3, -0.25) is 4.79 Å². The Morgan fingerprint density at radius 3 is 2.36 bits per heavy atom. The van der Waals surface area contributed by atoms with Gasteiger partial charge in [0.2, 0.25) is 5.78 Å². The number of hydrogen-bond acceptors (Lipinski definition) is 1. The van der Waals surface area contributed by atoms with E-state index in [4.69, 9.17) is 11.6 Å². The number of carbonyl (C=O) groups is 1. The molecule has 0 heterocycles. The third-order valence-corrected chi connectivity index (χ3v) is 2.03. The van der Waals surface area contributed by atoms with E-state index in [0.29, 0.717) is 10.6 Å². The Kier molecular flexibility index (Phi) is 3.90. The molecule has 0 spiro atoms. The van der Waals surface area contributed by atoms with Crippen LogP contribution in [0.1, 0.15) is 24.2 Å². The first-order chi connectivity index (χ1) is 6.61. The van der Waals surface area contributed by atoms with Crippen LogP contribution in [-0.2, 0) is 0 Å². The monoisotopic (exact) mass is 208 g/mol. The van der Waals surface area contributed by atoms with Gasteiger partial charge >= 0.3 is 0 Å². The number of carbonyl (C=O) groups excluding carboxylic acids is 1. The molecule has 74 valence electrons. The Labute approximate surface area is 89.4 Å². The summed E-state index contributed by atoms with van der Waals surface area (Å²) in [7, 11) is 0. The molecule has 0 atom stereocenters. The minimum Gasteiger partial charge on any atom is -0.288 e. The first-order valence-electron chi connectivity index (χ1n) is 4.58. The molecule has 0 aromatic heterocycles. The van der Waals surface area contributed by atoms with Gasteiger partial charge in [0.15, 0.2) is 0 Å². The fourth-order valence-corrected chi connectivity index (χ4v) is 1.46. The van der Waals surface area contributed by atoms with Gasteiger partial charge in [-0.2, -0.15) is 0 Å². The van der Waals surface area contributed by atoms with E-state index < -0.39 is 0 Å². The molecule has 0 aliphatic heterocycles. The molecule has 0 N–H and O–H groups in total. The highest BCUT2D eigenvalue weighted by Crippen LogP contribution is 2.14. The first-order valence-corrected chi connectivity index (χ1v) is 4.96. The number of ketones is 1. The van der Waals surface area contributed by atoms with Gasteiger partial charge < -0.3 is 0 Å². The molecular formula is C12H13ClO. The lowest BCUT2D eigenvalue weighted by Crippen LogP contribution is -1.99. The predicted molar refractivity (Wildman–Crippen MR) is 59.5 cm³/mol. The Morgan fingerprint density at radius 2 is 1.86 bits per heavy atom.